The monoisotopic (exact) mass is 337 g/mol. The van der Waals surface area contributed by atoms with E-state index in [2.05, 4.69) is 5.32 Å². The zero-order valence-electron chi connectivity index (χ0n) is 13.6. The van der Waals surface area contributed by atoms with Crippen LogP contribution in [0.25, 0.3) is 0 Å². The van der Waals surface area contributed by atoms with Crippen LogP contribution in [-0.2, 0) is 10.0 Å². The SMILES string of the molecule is CCCN(C1CCNCC1)S(=O)(=O)c1ccc(C#N)cc1OC. The summed E-state index contributed by atoms with van der Waals surface area (Å²) in [5.41, 5.74) is 0.379. The number of nitrogens with zero attached hydrogens (tertiary/aromatic N) is 2. The summed E-state index contributed by atoms with van der Waals surface area (Å²) in [5.74, 6) is 0.221. The smallest absolute Gasteiger partial charge is 0.247 e. The molecule has 0 spiro atoms. The Morgan fingerprint density at radius 2 is 2.09 bits per heavy atom. The summed E-state index contributed by atoms with van der Waals surface area (Å²) in [6, 6.07) is 6.46. The van der Waals surface area contributed by atoms with Crippen molar-refractivity contribution in [2.75, 3.05) is 26.7 Å². The van der Waals surface area contributed by atoms with E-state index in [1.54, 1.807) is 4.31 Å². The zero-order valence-corrected chi connectivity index (χ0v) is 14.4. The summed E-state index contributed by atoms with van der Waals surface area (Å²) in [6.07, 6.45) is 2.36. The average molecular weight is 337 g/mol. The second-order valence-electron chi connectivity index (χ2n) is 5.57. The van der Waals surface area contributed by atoms with Crippen molar-refractivity contribution < 1.29 is 13.2 Å². The first-order chi connectivity index (χ1) is 11.0. The summed E-state index contributed by atoms with van der Waals surface area (Å²) in [4.78, 5) is 0.131. The van der Waals surface area contributed by atoms with E-state index in [0.29, 0.717) is 12.1 Å². The van der Waals surface area contributed by atoms with Gasteiger partial charge in [-0.1, -0.05) is 6.92 Å². The molecule has 1 N–H and O–H groups in total. The van der Waals surface area contributed by atoms with E-state index < -0.39 is 10.0 Å². The number of rotatable bonds is 6. The Balaban J connectivity index is 2.43. The van der Waals surface area contributed by atoms with E-state index >= 15 is 0 Å². The largest absolute Gasteiger partial charge is 0.495 e. The van der Waals surface area contributed by atoms with Gasteiger partial charge >= 0.3 is 0 Å². The van der Waals surface area contributed by atoms with Crippen LogP contribution < -0.4 is 10.1 Å². The number of nitrogens with one attached hydrogen (secondary N) is 1. The van der Waals surface area contributed by atoms with Crippen LogP contribution in [0.4, 0.5) is 0 Å². The lowest BCUT2D eigenvalue weighted by Crippen LogP contribution is -2.46. The number of hydrogen-bond acceptors (Lipinski definition) is 5. The lowest BCUT2D eigenvalue weighted by molar-refractivity contribution is 0.261. The van der Waals surface area contributed by atoms with Gasteiger partial charge in [0.05, 0.1) is 18.7 Å². The molecule has 1 aromatic rings. The van der Waals surface area contributed by atoms with Crippen molar-refractivity contribution in [2.24, 2.45) is 0 Å². The minimum absolute atomic E-state index is 0.00143. The van der Waals surface area contributed by atoms with Crippen molar-refractivity contribution >= 4 is 10.0 Å². The van der Waals surface area contributed by atoms with Gasteiger partial charge in [-0.25, -0.2) is 8.42 Å². The standard InChI is InChI=1S/C16H23N3O3S/c1-3-10-19(14-6-8-18-9-7-14)23(20,21)16-5-4-13(12-17)11-15(16)22-2/h4-5,11,14,18H,3,6-10H2,1-2H3. The van der Waals surface area contributed by atoms with Gasteiger partial charge < -0.3 is 10.1 Å². The molecule has 2 rings (SSSR count). The van der Waals surface area contributed by atoms with Crippen LogP contribution in [0, 0.1) is 11.3 Å². The van der Waals surface area contributed by atoms with Gasteiger partial charge in [-0.05, 0) is 50.6 Å². The highest BCUT2D eigenvalue weighted by molar-refractivity contribution is 7.89. The van der Waals surface area contributed by atoms with Gasteiger partial charge in [0.25, 0.3) is 0 Å². The molecule has 1 heterocycles. The van der Waals surface area contributed by atoms with Gasteiger partial charge in [-0.3, -0.25) is 0 Å². The fourth-order valence-electron chi connectivity index (χ4n) is 2.89. The molecule has 1 fully saturated rings. The molecule has 0 unspecified atom stereocenters. The Kier molecular flexibility index (Phi) is 5.99. The van der Waals surface area contributed by atoms with Gasteiger partial charge in [0.2, 0.25) is 10.0 Å². The maximum absolute atomic E-state index is 13.1. The molecule has 1 saturated heterocycles. The van der Waals surface area contributed by atoms with E-state index in [-0.39, 0.29) is 16.7 Å². The van der Waals surface area contributed by atoms with Gasteiger partial charge in [-0.15, -0.1) is 0 Å². The van der Waals surface area contributed by atoms with Gasteiger partial charge in [-0.2, -0.15) is 9.57 Å². The number of benzene rings is 1. The minimum Gasteiger partial charge on any atom is -0.495 e. The van der Waals surface area contributed by atoms with Crippen LogP contribution in [0.3, 0.4) is 0 Å². The Bertz CT molecular complexity index is 676. The maximum atomic E-state index is 13.1. The van der Waals surface area contributed by atoms with Crippen molar-refractivity contribution in [2.45, 2.75) is 37.1 Å². The highest BCUT2D eigenvalue weighted by Gasteiger charge is 2.33. The van der Waals surface area contributed by atoms with Crippen LogP contribution >= 0.6 is 0 Å². The topological polar surface area (TPSA) is 82.4 Å². The predicted molar refractivity (Wildman–Crippen MR) is 87.8 cm³/mol. The average Bonchev–Trinajstić information content (AvgIpc) is 2.59. The van der Waals surface area contributed by atoms with Crippen molar-refractivity contribution in [3.05, 3.63) is 23.8 Å². The molecule has 1 aromatic carbocycles. The summed E-state index contributed by atoms with van der Waals surface area (Å²) in [5, 5.41) is 12.2. The molecular weight excluding hydrogens is 314 g/mol. The van der Waals surface area contributed by atoms with Crippen molar-refractivity contribution in [1.29, 1.82) is 5.26 Å². The van der Waals surface area contributed by atoms with E-state index in [1.165, 1.54) is 25.3 Å². The number of methoxy groups -OCH3 is 1. The Hall–Kier alpha value is -1.62. The summed E-state index contributed by atoms with van der Waals surface area (Å²) in [7, 11) is -2.24. The third kappa shape index (κ3) is 3.83. The zero-order chi connectivity index (χ0) is 16.9. The van der Waals surface area contributed by atoms with Crippen molar-refractivity contribution in [1.82, 2.24) is 9.62 Å². The van der Waals surface area contributed by atoms with Gasteiger partial charge in [0.15, 0.2) is 0 Å². The van der Waals surface area contributed by atoms with Crippen LogP contribution in [-0.4, -0.2) is 45.5 Å². The highest BCUT2D eigenvalue weighted by Crippen LogP contribution is 2.30. The molecular formula is C16H23N3O3S. The molecule has 0 aliphatic carbocycles. The van der Waals surface area contributed by atoms with E-state index in [9.17, 15) is 8.42 Å². The number of sulfonamides is 1. The van der Waals surface area contributed by atoms with E-state index in [0.717, 1.165) is 32.4 Å². The number of ether oxygens (including phenoxy) is 1. The first kappa shape index (κ1) is 17.7. The molecule has 6 nitrogen and oxygen atoms in total. The van der Waals surface area contributed by atoms with Crippen molar-refractivity contribution in [3.8, 4) is 11.8 Å². The highest BCUT2D eigenvalue weighted by atomic mass is 32.2. The molecule has 0 saturated carbocycles. The van der Waals surface area contributed by atoms with Crippen LogP contribution in [0.1, 0.15) is 31.7 Å². The molecule has 0 amide bonds. The molecule has 0 aromatic heterocycles. The molecule has 0 bridgehead atoms. The molecule has 0 atom stereocenters. The van der Waals surface area contributed by atoms with E-state index in [1.807, 2.05) is 13.0 Å². The molecule has 1 aliphatic heterocycles. The molecule has 23 heavy (non-hydrogen) atoms. The fraction of sp³-hybridized carbons (Fsp3) is 0.562. The van der Waals surface area contributed by atoms with Crippen LogP contribution in [0.5, 0.6) is 5.75 Å². The summed E-state index contributed by atoms with van der Waals surface area (Å²) in [6.45, 7) is 4.10. The lowest BCUT2D eigenvalue weighted by atomic mass is 10.1. The summed E-state index contributed by atoms with van der Waals surface area (Å²) < 4.78 is 33.1. The number of piperidine rings is 1. The fourth-order valence-corrected chi connectivity index (χ4v) is 4.81. The predicted octanol–water partition coefficient (Wildman–Crippen LogP) is 1.72. The quantitative estimate of drug-likeness (QED) is 0.854. The van der Waals surface area contributed by atoms with Crippen LogP contribution in [0.2, 0.25) is 0 Å². The molecule has 7 heteroatoms. The Morgan fingerprint density at radius 1 is 1.39 bits per heavy atom. The molecule has 0 radical (unpaired) electrons. The Morgan fingerprint density at radius 3 is 2.65 bits per heavy atom. The number of hydrogen-bond donors (Lipinski definition) is 1. The van der Waals surface area contributed by atoms with Gasteiger partial charge in [0, 0.05) is 12.6 Å². The minimum atomic E-state index is -3.66. The normalized spacial score (nSPS) is 16.3. The van der Waals surface area contributed by atoms with Gasteiger partial charge in [0.1, 0.15) is 10.6 Å². The Labute approximate surface area is 138 Å². The number of nitriles is 1. The lowest BCUT2D eigenvalue weighted by Gasteiger charge is -2.33. The first-order valence-corrected chi connectivity index (χ1v) is 9.29. The van der Waals surface area contributed by atoms with Crippen LogP contribution in [0.15, 0.2) is 23.1 Å². The maximum Gasteiger partial charge on any atom is 0.247 e. The second kappa shape index (κ2) is 7.77. The third-order valence-corrected chi connectivity index (χ3v) is 6.03. The molecule has 1 aliphatic rings. The van der Waals surface area contributed by atoms with Crippen molar-refractivity contribution in [3.63, 3.8) is 0 Å². The second-order valence-corrected chi connectivity index (χ2v) is 7.43. The summed E-state index contributed by atoms with van der Waals surface area (Å²) >= 11 is 0. The third-order valence-electron chi connectivity index (χ3n) is 4.04. The van der Waals surface area contributed by atoms with E-state index in [4.69, 9.17) is 10.00 Å². The molecule has 126 valence electrons. The first-order valence-electron chi connectivity index (χ1n) is 7.85.